The molecule has 0 aromatic carbocycles. The van der Waals surface area contributed by atoms with E-state index in [1.165, 1.54) is 0 Å². The zero-order chi connectivity index (χ0) is 11.4. The molecule has 2 atom stereocenters. The molecule has 0 spiro atoms. The first kappa shape index (κ1) is 11.4. The number of carbonyl (C=O) groups excluding carboxylic acids is 1. The van der Waals surface area contributed by atoms with Crippen LogP contribution in [0.3, 0.4) is 0 Å². The molecule has 0 aromatic heterocycles. The van der Waals surface area contributed by atoms with Gasteiger partial charge in [-0.05, 0) is 0 Å². The molecule has 1 aliphatic rings. The normalized spacial score (nSPS) is 36.6. The van der Waals surface area contributed by atoms with Crippen molar-refractivity contribution in [3.05, 3.63) is 0 Å². The molecule has 1 fully saturated rings. The van der Waals surface area contributed by atoms with Gasteiger partial charge >= 0.3 is 19.4 Å². The summed E-state index contributed by atoms with van der Waals surface area (Å²) in [5, 5.41) is 8.41. The summed E-state index contributed by atoms with van der Waals surface area (Å²) < 4.78 is 13.4. The number of hydrogen-bond acceptors (Lipinski definition) is 6. The van der Waals surface area contributed by atoms with Crippen molar-refractivity contribution in [1.29, 1.82) is 0 Å². The molecule has 0 radical (unpaired) electrons. The third-order valence-corrected chi connectivity index (χ3v) is 3.00. The molecule has 0 unspecified atom stereocenters. The predicted octanol–water partition coefficient (Wildman–Crippen LogP) is -1.85. The van der Waals surface area contributed by atoms with Crippen LogP contribution < -0.4 is 5.73 Å². The molecule has 0 bridgehead atoms. The molecule has 80 valence electrons. The van der Waals surface area contributed by atoms with Crippen LogP contribution in [0.5, 0.6) is 0 Å². The lowest BCUT2D eigenvalue weighted by atomic mass is 10.2. The van der Waals surface area contributed by atoms with Crippen molar-refractivity contribution in [3.8, 4) is 0 Å². The number of carboxylic acids is 1. The maximum absolute atomic E-state index is 13.4. The molecule has 1 saturated carbocycles. The molecular weight excluding hydrogens is 220 g/mol. The second kappa shape index (κ2) is 2.68. The first-order chi connectivity index (χ1) is 6.06. The number of rotatable bonds is 3. The minimum Gasteiger partial charge on any atom is -0.480 e. The van der Waals surface area contributed by atoms with Crippen LogP contribution in [0.15, 0.2) is 0 Å². The fourth-order valence-electron chi connectivity index (χ4n) is 1.09. The molecule has 7 nitrogen and oxygen atoms in total. The van der Waals surface area contributed by atoms with Gasteiger partial charge < -0.3 is 10.8 Å². The summed E-state index contributed by atoms with van der Waals surface area (Å²) in [5.41, 5.74) is -2.57. The average molecular weight is 228 g/mol. The zero-order valence-electron chi connectivity index (χ0n) is 6.71. The van der Waals surface area contributed by atoms with Gasteiger partial charge in [-0.3, -0.25) is 4.79 Å². The number of carbonyl (C=O) groups is 2. The van der Waals surface area contributed by atoms with E-state index in [-0.39, 0.29) is 0 Å². The Balaban J connectivity index is 2.94. The van der Waals surface area contributed by atoms with Crippen molar-refractivity contribution >= 4 is 19.4 Å². The van der Waals surface area contributed by atoms with E-state index < -0.39 is 37.1 Å². The predicted molar refractivity (Wildman–Crippen MR) is 41.6 cm³/mol. The van der Waals surface area contributed by atoms with E-state index >= 15 is 0 Å². The SMILES string of the molecule is N[C@]1(C(=O)O)C[C@@]1(F)C(=O)[P+](O)(O)O. The summed E-state index contributed by atoms with van der Waals surface area (Å²) in [5.74, 6) is -1.78. The number of alkyl halides is 1. The van der Waals surface area contributed by atoms with Crippen molar-refractivity contribution in [2.24, 2.45) is 5.73 Å². The van der Waals surface area contributed by atoms with Gasteiger partial charge in [0.2, 0.25) is 5.67 Å². The van der Waals surface area contributed by atoms with Gasteiger partial charge in [0.1, 0.15) is 0 Å². The molecule has 1 aliphatic carbocycles. The Labute approximate surface area is 77.5 Å². The van der Waals surface area contributed by atoms with Gasteiger partial charge in [-0.25, -0.2) is 9.18 Å². The topological polar surface area (TPSA) is 141 Å². The lowest BCUT2D eigenvalue weighted by Gasteiger charge is -2.09. The number of halogens is 1. The van der Waals surface area contributed by atoms with Crippen molar-refractivity contribution in [3.63, 3.8) is 0 Å². The Morgan fingerprint density at radius 3 is 2.00 bits per heavy atom. The maximum Gasteiger partial charge on any atom is 0.482 e. The molecule has 0 aromatic rings. The maximum atomic E-state index is 13.4. The number of hydrogen-bond donors (Lipinski definition) is 5. The van der Waals surface area contributed by atoms with Crippen molar-refractivity contribution in [2.45, 2.75) is 17.6 Å². The van der Waals surface area contributed by atoms with Gasteiger partial charge in [-0.15, -0.1) is 0 Å². The van der Waals surface area contributed by atoms with Crippen LogP contribution in [-0.4, -0.2) is 42.5 Å². The van der Waals surface area contributed by atoms with E-state index in [1.54, 1.807) is 0 Å². The third-order valence-electron chi connectivity index (χ3n) is 2.10. The van der Waals surface area contributed by atoms with Gasteiger partial charge in [-0.1, -0.05) is 0 Å². The van der Waals surface area contributed by atoms with Crippen LogP contribution >= 0.6 is 7.94 Å². The smallest absolute Gasteiger partial charge is 0.480 e. The number of aliphatic carboxylic acids is 1. The van der Waals surface area contributed by atoms with E-state index in [1.807, 2.05) is 0 Å². The van der Waals surface area contributed by atoms with E-state index in [4.69, 9.17) is 25.5 Å². The fraction of sp³-hybridized carbons (Fsp3) is 0.600. The van der Waals surface area contributed by atoms with E-state index in [9.17, 15) is 14.0 Å². The Bertz CT molecular complexity index is 316. The Hall–Kier alpha value is -0.660. The van der Waals surface area contributed by atoms with Crippen molar-refractivity contribution in [1.82, 2.24) is 0 Å². The highest BCUT2D eigenvalue weighted by Gasteiger charge is 2.83. The van der Waals surface area contributed by atoms with Crippen LogP contribution in [0.2, 0.25) is 0 Å². The molecule has 0 heterocycles. The molecule has 0 aliphatic heterocycles. The monoisotopic (exact) mass is 228 g/mol. The zero-order valence-corrected chi connectivity index (χ0v) is 7.61. The molecular formula is C5H8FNO6P+. The standard InChI is InChI=1S/C5H7FNO6P/c6-4(3(10)14(11,12)13)1-5(4,7)2(8)9/h11-13H,1,7H2/p+1/t4-,5+/m1/s1. The van der Waals surface area contributed by atoms with Gasteiger partial charge in [0.05, 0.1) is 0 Å². The van der Waals surface area contributed by atoms with Gasteiger partial charge in [0.25, 0.3) is 0 Å². The fourth-order valence-corrected chi connectivity index (χ4v) is 1.84. The van der Waals surface area contributed by atoms with Crippen LogP contribution in [0, 0.1) is 0 Å². The van der Waals surface area contributed by atoms with Crippen molar-refractivity contribution in [2.75, 3.05) is 0 Å². The van der Waals surface area contributed by atoms with E-state index in [0.29, 0.717) is 0 Å². The van der Waals surface area contributed by atoms with Crippen LogP contribution in [0.4, 0.5) is 4.39 Å². The van der Waals surface area contributed by atoms with Crippen LogP contribution in [0.25, 0.3) is 0 Å². The Morgan fingerprint density at radius 1 is 1.36 bits per heavy atom. The minimum atomic E-state index is -5.04. The van der Waals surface area contributed by atoms with Gasteiger partial charge in [0, 0.05) is 6.42 Å². The van der Waals surface area contributed by atoms with E-state index in [2.05, 4.69) is 0 Å². The summed E-state index contributed by atoms with van der Waals surface area (Å²) in [4.78, 5) is 46.6. The molecule has 6 N–H and O–H groups in total. The summed E-state index contributed by atoms with van der Waals surface area (Å²) in [7, 11) is -5.04. The van der Waals surface area contributed by atoms with Gasteiger partial charge in [0.15, 0.2) is 5.54 Å². The molecule has 1 rings (SSSR count). The van der Waals surface area contributed by atoms with Gasteiger partial charge in [-0.2, -0.15) is 14.7 Å². The lowest BCUT2D eigenvalue weighted by molar-refractivity contribution is -0.142. The molecule has 0 amide bonds. The number of nitrogens with two attached hydrogens (primary N) is 1. The minimum absolute atomic E-state index is 0.877. The van der Waals surface area contributed by atoms with Crippen LogP contribution in [0.1, 0.15) is 6.42 Å². The molecule has 9 heteroatoms. The van der Waals surface area contributed by atoms with Crippen molar-refractivity contribution < 1.29 is 33.8 Å². The summed E-state index contributed by atoms with van der Waals surface area (Å²) in [6.07, 6.45) is -0.877. The van der Waals surface area contributed by atoms with E-state index in [0.717, 1.165) is 0 Å². The summed E-state index contributed by atoms with van der Waals surface area (Å²) >= 11 is 0. The molecule has 14 heavy (non-hydrogen) atoms. The third kappa shape index (κ3) is 1.32. The lowest BCUT2D eigenvalue weighted by Crippen LogP contribution is -2.44. The highest BCUT2D eigenvalue weighted by Crippen LogP contribution is 2.61. The first-order valence-electron chi connectivity index (χ1n) is 3.39. The second-order valence-corrected chi connectivity index (χ2v) is 4.67. The Kier molecular flexibility index (Phi) is 2.18. The molecule has 0 saturated heterocycles. The Morgan fingerprint density at radius 2 is 1.79 bits per heavy atom. The second-order valence-electron chi connectivity index (χ2n) is 3.13. The largest absolute Gasteiger partial charge is 0.482 e. The van der Waals surface area contributed by atoms with Crippen LogP contribution in [-0.2, 0) is 9.59 Å². The highest BCUT2D eigenvalue weighted by atomic mass is 31.2. The summed E-state index contributed by atoms with van der Waals surface area (Å²) in [6, 6.07) is 0. The first-order valence-corrected chi connectivity index (χ1v) is 5.04. The average Bonchev–Trinajstić information content (AvgIpc) is 2.54. The number of carboxylic acid groups (broad SMARTS) is 1. The highest BCUT2D eigenvalue weighted by molar-refractivity contribution is 7.76. The quantitative estimate of drug-likeness (QED) is 0.357. The summed E-state index contributed by atoms with van der Waals surface area (Å²) in [6.45, 7) is 0.